The number of methoxy groups -OCH3 is 1. The number of benzene rings is 3. The van der Waals surface area contributed by atoms with Crippen LogP contribution in [0.1, 0.15) is 11.1 Å². The fraction of sp³-hybridized carbons (Fsp3) is 0.0417. The van der Waals surface area contributed by atoms with Crippen molar-refractivity contribution in [1.29, 1.82) is 0 Å². The molecule has 3 aromatic carbocycles. The van der Waals surface area contributed by atoms with Crippen molar-refractivity contribution in [3.8, 4) is 22.6 Å². The van der Waals surface area contributed by atoms with Crippen LogP contribution in [0.15, 0.2) is 84.4 Å². The van der Waals surface area contributed by atoms with Gasteiger partial charge in [0.1, 0.15) is 0 Å². The molecule has 0 atom stereocenters. The Labute approximate surface area is 163 Å². The van der Waals surface area contributed by atoms with Gasteiger partial charge in [-0.05, 0) is 46.5 Å². The second-order valence-corrected chi connectivity index (χ2v) is 6.49. The maximum atomic E-state index is 12.4. The molecule has 138 valence electrons. The van der Waals surface area contributed by atoms with Gasteiger partial charge >= 0.3 is 0 Å². The van der Waals surface area contributed by atoms with Crippen LogP contribution in [0, 0.1) is 0 Å². The summed E-state index contributed by atoms with van der Waals surface area (Å²) in [5.41, 5.74) is 5.31. The van der Waals surface area contributed by atoms with Crippen LogP contribution in [0.25, 0.3) is 22.9 Å². The fourth-order valence-corrected chi connectivity index (χ4v) is 3.15. The van der Waals surface area contributed by atoms with Crippen LogP contribution in [-0.2, 0) is 4.79 Å². The minimum atomic E-state index is -0.158. The molecule has 0 fully saturated rings. The summed E-state index contributed by atoms with van der Waals surface area (Å²) < 4.78 is 5.12. The van der Waals surface area contributed by atoms with Gasteiger partial charge in [0.15, 0.2) is 11.5 Å². The molecule has 2 N–H and O–H groups in total. The third-order valence-electron chi connectivity index (χ3n) is 4.64. The predicted molar refractivity (Wildman–Crippen MR) is 111 cm³/mol. The van der Waals surface area contributed by atoms with E-state index in [0.29, 0.717) is 11.3 Å². The van der Waals surface area contributed by atoms with Gasteiger partial charge < -0.3 is 15.2 Å². The van der Waals surface area contributed by atoms with E-state index in [2.05, 4.69) is 17.4 Å². The Kier molecular flexibility index (Phi) is 4.68. The first kappa shape index (κ1) is 17.6. The van der Waals surface area contributed by atoms with Crippen molar-refractivity contribution in [3.63, 3.8) is 0 Å². The lowest BCUT2D eigenvalue weighted by Crippen LogP contribution is -2.15. The van der Waals surface area contributed by atoms with Crippen LogP contribution in [0.4, 0.5) is 0 Å². The highest BCUT2D eigenvalue weighted by Gasteiger charge is 2.19. The van der Waals surface area contributed by atoms with Gasteiger partial charge in [-0.3, -0.25) is 4.79 Å². The summed E-state index contributed by atoms with van der Waals surface area (Å²) in [7, 11) is 1.49. The number of hydrogen-bond acceptors (Lipinski definition) is 3. The number of carbonyl (C=O) groups is 1. The van der Waals surface area contributed by atoms with Gasteiger partial charge in [-0.1, -0.05) is 60.7 Å². The molecule has 0 spiro atoms. The van der Waals surface area contributed by atoms with E-state index in [-0.39, 0.29) is 11.7 Å². The number of hydrogen-bond donors (Lipinski definition) is 2. The van der Waals surface area contributed by atoms with Crippen molar-refractivity contribution in [2.45, 2.75) is 0 Å². The van der Waals surface area contributed by atoms with Crippen molar-refractivity contribution in [2.24, 2.45) is 0 Å². The van der Waals surface area contributed by atoms with Gasteiger partial charge in [0.05, 0.1) is 7.11 Å². The van der Waals surface area contributed by atoms with E-state index in [1.54, 1.807) is 24.3 Å². The normalized spacial score (nSPS) is 14.7. The summed E-state index contributed by atoms with van der Waals surface area (Å²) in [6, 6.07) is 23.2. The molecule has 0 radical (unpaired) electrons. The molecule has 4 nitrogen and oxygen atoms in total. The first-order chi connectivity index (χ1) is 13.6. The zero-order valence-corrected chi connectivity index (χ0v) is 15.3. The highest BCUT2D eigenvalue weighted by atomic mass is 16.5. The third-order valence-corrected chi connectivity index (χ3v) is 4.64. The molecule has 4 heteroatoms. The van der Waals surface area contributed by atoms with Crippen LogP contribution in [0.3, 0.4) is 0 Å². The number of nitrogens with one attached hydrogen (secondary N) is 1. The third kappa shape index (κ3) is 3.53. The van der Waals surface area contributed by atoms with Crippen LogP contribution in [0.5, 0.6) is 11.5 Å². The van der Waals surface area contributed by atoms with E-state index < -0.39 is 0 Å². The van der Waals surface area contributed by atoms with Gasteiger partial charge in [0.25, 0.3) is 5.91 Å². The summed E-state index contributed by atoms with van der Waals surface area (Å²) in [6.07, 6.45) is 3.60. The molecule has 1 aliphatic rings. The van der Waals surface area contributed by atoms with E-state index in [9.17, 15) is 9.90 Å². The summed E-state index contributed by atoms with van der Waals surface area (Å²) in [6.45, 7) is 0. The highest BCUT2D eigenvalue weighted by molar-refractivity contribution is 6.10. The molecule has 0 saturated heterocycles. The van der Waals surface area contributed by atoms with Gasteiger partial charge in [0, 0.05) is 11.3 Å². The Hall–Kier alpha value is -3.79. The quantitative estimate of drug-likeness (QED) is 0.660. The topological polar surface area (TPSA) is 58.6 Å². The molecule has 1 amide bonds. The lowest BCUT2D eigenvalue weighted by atomic mass is 10.0. The first-order valence-electron chi connectivity index (χ1n) is 8.91. The molecule has 0 saturated carbocycles. The van der Waals surface area contributed by atoms with Crippen LogP contribution >= 0.6 is 0 Å². The van der Waals surface area contributed by atoms with Crippen molar-refractivity contribution < 1.29 is 14.6 Å². The van der Waals surface area contributed by atoms with Crippen molar-refractivity contribution in [3.05, 3.63) is 95.6 Å². The zero-order chi connectivity index (χ0) is 19.5. The van der Waals surface area contributed by atoms with E-state index in [1.807, 2.05) is 48.5 Å². The average molecular weight is 369 g/mol. The summed E-state index contributed by atoms with van der Waals surface area (Å²) >= 11 is 0. The van der Waals surface area contributed by atoms with Crippen molar-refractivity contribution in [2.75, 3.05) is 7.11 Å². The lowest BCUT2D eigenvalue weighted by molar-refractivity contribution is -0.115. The van der Waals surface area contributed by atoms with Crippen LogP contribution in [0.2, 0.25) is 0 Å². The number of aromatic hydroxyl groups is 1. The maximum Gasteiger partial charge on any atom is 0.255 e. The molecule has 0 aliphatic carbocycles. The second kappa shape index (κ2) is 7.45. The number of amides is 1. The molecule has 4 rings (SSSR count). The van der Waals surface area contributed by atoms with Crippen LogP contribution < -0.4 is 10.1 Å². The summed E-state index contributed by atoms with van der Waals surface area (Å²) in [5.74, 6) is 0.276. The second-order valence-electron chi connectivity index (χ2n) is 6.49. The number of phenolic OH excluding ortho intramolecular Hbond substituents is 1. The Balaban J connectivity index is 1.60. The zero-order valence-electron chi connectivity index (χ0n) is 15.3. The number of rotatable bonds is 4. The molecule has 0 aromatic heterocycles. The Morgan fingerprint density at radius 1 is 0.893 bits per heavy atom. The summed E-state index contributed by atoms with van der Waals surface area (Å²) in [5, 5.41) is 12.6. The summed E-state index contributed by atoms with van der Waals surface area (Å²) in [4.78, 5) is 12.4. The molecule has 28 heavy (non-hydrogen) atoms. The molecule has 3 aromatic rings. The Morgan fingerprint density at radius 2 is 1.57 bits per heavy atom. The van der Waals surface area contributed by atoms with E-state index in [4.69, 9.17) is 4.74 Å². The highest BCUT2D eigenvalue weighted by Crippen LogP contribution is 2.29. The number of ether oxygens (including phenoxy) is 1. The minimum absolute atomic E-state index is 0.0651. The van der Waals surface area contributed by atoms with Gasteiger partial charge in [-0.25, -0.2) is 0 Å². The predicted octanol–water partition coefficient (Wildman–Crippen LogP) is 4.62. The van der Waals surface area contributed by atoms with Crippen molar-refractivity contribution >= 4 is 17.7 Å². The standard InChI is InChI=1S/C24H19NO3/c1-28-23-14-16(7-12-22(23)26)13-20-15-21(25-24(20)27)19-10-8-18(9-11-19)17-5-3-2-4-6-17/h2-15,26H,1H3,(H,25,27)/b20-13+. The fourth-order valence-electron chi connectivity index (χ4n) is 3.15. The van der Waals surface area contributed by atoms with Crippen molar-refractivity contribution in [1.82, 2.24) is 5.32 Å². The van der Waals surface area contributed by atoms with E-state index in [0.717, 1.165) is 28.0 Å². The Morgan fingerprint density at radius 3 is 2.29 bits per heavy atom. The largest absolute Gasteiger partial charge is 0.504 e. The lowest BCUT2D eigenvalue weighted by Gasteiger charge is -2.05. The van der Waals surface area contributed by atoms with E-state index >= 15 is 0 Å². The molecule has 0 unspecified atom stereocenters. The molecule has 0 bridgehead atoms. The average Bonchev–Trinajstić information content (AvgIpc) is 3.10. The van der Waals surface area contributed by atoms with E-state index in [1.165, 1.54) is 7.11 Å². The SMILES string of the molecule is COc1cc(/C=C2\C=C(c3ccc(-c4ccccc4)cc3)NC2=O)ccc1O. The van der Waals surface area contributed by atoms with Crippen LogP contribution in [-0.4, -0.2) is 18.1 Å². The van der Waals surface area contributed by atoms with Gasteiger partial charge in [-0.2, -0.15) is 0 Å². The monoisotopic (exact) mass is 369 g/mol. The molecule has 1 aliphatic heterocycles. The molecular formula is C24H19NO3. The molecular weight excluding hydrogens is 350 g/mol. The number of carbonyl (C=O) groups excluding carboxylic acids is 1. The Bertz CT molecular complexity index is 1080. The smallest absolute Gasteiger partial charge is 0.255 e. The first-order valence-corrected chi connectivity index (χ1v) is 8.91. The minimum Gasteiger partial charge on any atom is -0.504 e. The van der Waals surface area contributed by atoms with Gasteiger partial charge in [-0.15, -0.1) is 0 Å². The number of phenols is 1. The molecule has 1 heterocycles. The van der Waals surface area contributed by atoms with Gasteiger partial charge in [0.2, 0.25) is 0 Å². The maximum absolute atomic E-state index is 12.4.